The number of hydrogen-bond acceptors (Lipinski definition) is 6. The van der Waals surface area contributed by atoms with Crippen LogP contribution in [0.2, 0.25) is 5.02 Å². The predicted octanol–water partition coefficient (Wildman–Crippen LogP) is 3.64. The second-order valence-corrected chi connectivity index (χ2v) is 7.83. The summed E-state index contributed by atoms with van der Waals surface area (Å²) in [5.74, 6) is 0.317. The van der Waals surface area contributed by atoms with Crippen LogP contribution in [0.5, 0.6) is 5.75 Å². The summed E-state index contributed by atoms with van der Waals surface area (Å²) < 4.78 is 10.5. The van der Waals surface area contributed by atoms with Gasteiger partial charge in [0.2, 0.25) is 0 Å². The number of nitrogens with zero attached hydrogens (tertiary/aromatic N) is 1. The smallest absolute Gasteiger partial charge is 0.344 e. The van der Waals surface area contributed by atoms with Crippen LogP contribution in [-0.4, -0.2) is 22.5 Å². The Morgan fingerprint density at radius 2 is 2.00 bits per heavy atom. The molecule has 0 atom stereocenters. The predicted molar refractivity (Wildman–Crippen MR) is 104 cm³/mol. The Balaban J connectivity index is 1.40. The number of aryl methyl sites for hydroxylation is 2. The molecule has 1 aliphatic rings. The van der Waals surface area contributed by atoms with Gasteiger partial charge in [0.1, 0.15) is 23.0 Å². The first kappa shape index (κ1) is 18.0. The van der Waals surface area contributed by atoms with Gasteiger partial charge >= 0.3 is 5.97 Å². The monoisotopic (exact) mass is 404 g/mol. The average Bonchev–Trinajstić information content (AvgIpc) is 3.05. The minimum atomic E-state index is -0.543. The van der Waals surface area contributed by atoms with Gasteiger partial charge in [0.25, 0.3) is 5.56 Å². The Kier molecular flexibility index (Phi) is 5.13. The van der Waals surface area contributed by atoms with Crippen molar-refractivity contribution in [3.05, 3.63) is 55.9 Å². The first-order valence-electron chi connectivity index (χ1n) is 8.67. The van der Waals surface area contributed by atoms with Gasteiger partial charge in [0.05, 0.1) is 5.39 Å². The van der Waals surface area contributed by atoms with Crippen molar-refractivity contribution in [3.63, 3.8) is 0 Å². The maximum absolute atomic E-state index is 12.5. The summed E-state index contributed by atoms with van der Waals surface area (Å²) in [6, 6.07) is 6.68. The van der Waals surface area contributed by atoms with Crippen LogP contribution in [0.3, 0.4) is 0 Å². The van der Waals surface area contributed by atoms with E-state index in [0.717, 1.165) is 31.2 Å². The quantitative estimate of drug-likeness (QED) is 0.656. The molecule has 140 valence electrons. The number of ether oxygens (including phenoxy) is 2. The number of H-pyrrole nitrogens is 1. The van der Waals surface area contributed by atoms with E-state index >= 15 is 0 Å². The van der Waals surface area contributed by atoms with E-state index in [9.17, 15) is 9.59 Å². The van der Waals surface area contributed by atoms with E-state index in [4.69, 9.17) is 21.1 Å². The molecule has 0 spiro atoms. The molecule has 4 rings (SSSR count). The molecule has 1 N–H and O–H groups in total. The number of nitrogens with one attached hydrogen (secondary N) is 1. The number of carbonyl (C=O) groups is 1. The lowest BCUT2D eigenvalue weighted by atomic mass is 9.97. The van der Waals surface area contributed by atoms with E-state index in [1.54, 1.807) is 35.6 Å². The number of halogens is 1. The van der Waals surface area contributed by atoms with Crippen molar-refractivity contribution in [1.82, 2.24) is 9.97 Å². The van der Waals surface area contributed by atoms with Crippen molar-refractivity contribution in [1.29, 1.82) is 0 Å². The van der Waals surface area contributed by atoms with Gasteiger partial charge in [0, 0.05) is 9.90 Å². The van der Waals surface area contributed by atoms with E-state index in [1.165, 1.54) is 4.88 Å². The van der Waals surface area contributed by atoms with Crippen LogP contribution in [0, 0.1) is 0 Å². The summed E-state index contributed by atoms with van der Waals surface area (Å²) in [6.07, 6.45) is 4.18. The highest BCUT2D eigenvalue weighted by Crippen LogP contribution is 2.33. The molecule has 1 aliphatic carbocycles. The third kappa shape index (κ3) is 3.99. The number of thiophene rings is 1. The standard InChI is InChI=1S/C19H17ClN2O4S/c20-11-5-7-12(8-6-11)25-10-16(23)26-9-15-21-18(24)17-13-3-1-2-4-14(13)27-19(17)22-15/h5-8H,1-4,9-10H2,(H,21,22,24). The number of aromatic nitrogens is 2. The molecule has 6 nitrogen and oxygen atoms in total. The van der Waals surface area contributed by atoms with Crippen LogP contribution < -0.4 is 10.3 Å². The zero-order chi connectivity index (χ0) is 18.8. The van der Waals surface area contributed by atoms with E-state index in [1.807, 2.05) is 0 Å². The van der Waals surface area contributed by atoms with Gasteiger partial charge in [0.15, 0.2) is 6.61 Å². The lowest BCUT2D eigenvalue weighted by Crippen LogP contribution is -2.18. The maximum Gasteiger partial charge on any atom is 0.344 e. The molecule has 0 aliphatic heterocycles. The van der Waals surface area contributed by atoms with Gasteiger partial charge in [-0.3, -0.25) is 4.79 Å². The van der Waals surface area contributed by atoms with Crippen molar-refractivity contribution in [2.24, 2.45) is 0 Å². The van der Waals surface area contributed by atoms with Crippen LogP contribution in [0.1, 0.15) is 29.1 Å². The Labute approximate surface area is 164 Å². The van der Waals surface area contributed by atoms with E-state index in [-0.39, 0.29) is 18.8 Å². The molecule has 8 heteroatoms. The molecule has 0 saturated carbocycles. The fourth-order valence-electron chi connectivity index (χ4n) is 3.14. The zero-order valence-electron chi connectivity index (χ0n) is 14.4. The van der Waals surface area contributed by atoms with Crippen molar-refractivity contribution in [3.8, 4) is 5.75 Å². The number of esters is 1. The van der Waals surface area contributed by atoms with E-state index in [0.29, 0.717) is 26.8 Å². The van der Waals surface area contributed by atoms with E-state index in [2.05, 4.69) is 9.97 Å². The lowest BCUT2D eigenvalue weighted by Gasteiger charge is -2.09. The summed E-state index contributed by atoms with van der Waals surface area (Å²) >= 11 is 7.36. The normalized spacial score (nSPS) is 13.4. The molecule has 0 saturated heterocycles. The van der Waals surface area contributed by atoms with Crippen LogP contribution >= 0.6 is 22.9 Å². The molecule has 0 radical (unpaired) electrons. The van der Waals surface area contributed by atoms with Gasteiger partial charge in [-0.05, 0) is 55.5 Å². The largest absolute Gasteiger partial charge is 0.482 e. The summed E-state index contributed by atoms with van der Waals surface area (Å²) in [7, 11) is 0. The molecule has 2 heterocycles. The van der Waals surface area contributed by atoms with E-state index < -0.39 is 5.97 Å². The van der Waals surface area contributed by atoms with Crippen molar-refractivity contribution >= 4 is 39.1 Å². The van der Waals surface area contributed by atoms with Crippen molar-refractivity contribution < 1.29 is 14.3 Å². The number of benzene rings is 1. The fraction of sp³-hybridized carbons (Fsp3) is 0.316. The highest BCUT2D eigenvalue weighted by molar-refractivity contribution is 7.18. The molecule has 0 fully saturated rings. The van der Waals surface area contributed by atoms with Crippen LogP contribution in [0.4, 0.5) is 0 Å². The van der Waals surface area contributed by atoms with Gasteiger partial charge in [-0.1, -0.05) is 11.6 Å². The Hall–Kier alpha value is -2.38. The lowest BCUT2D eigenvalue weighted by molar-refractivity contribution is -0.147. The Morgan fingerprint density at radius 1 is 1.22 bits per heavy atom. The third-order valence-corrected chi connectivity index (χ3v) is 5.85. The minimum absolute atomic E-state index is 0.101. The molecule has 0 amide bonds. The molecule has 0 bridgehead atoms. The first-order chi connectivity index (χ1) is 13.1. The van der Waals surface area contributed by atoms with Gasteiger partial charge < -0.3 is 14.5 Å². The van der Waals surface area contributed by atoms with Crippen LogP contribution in [0.25, 0.3) is 10.2 Å². The highest BCUT2D eigenvalue weighted by Gasteiger charge is 2.20. The Bertz CT molecular complexity index is 1040. The van der Waals surface area contributed by atoms with Gasteiger partial charge in [-0.2, -0.15) is 0 Å². The molecular formula is C19H17ClN2O4S. The number of hydrogen-bond donors (Lipinski definition) is 1. The number of aromatic amines is 1. The van der Waals surface area contributed by atoms with Crippen LogP contribution in [0.15, 0.2) is 29.1 Å². The molecule has 2 aromatic heterocycles. The second kappa shape index (κ2) is 7.70. The summed E-state index contributed by atoms with van der Waals surface area (Å²) in [6.45, 7) is -0.335. The maximum atomic E-state index is 12.5. The Morgan fingerprint density at radius 3 is 2.81 bits per heavy atom. The summed E-state index contributed by atoms with van der Waals surface area (Å²) in [5.41, 5.74) is 0.970. The highest BCUT2D eigenvalue weighted by atomic mass is 35.5. The molecule has 27 heavy (non-hydrogen) atoms. The second-order valence-electron chi connectivity index (χ2n) is 6.31. The topological polar surface area (TPSA) is 81.3 Å². The number of carbonyl (C=O) groups excluding carboxylic acids is 1. The molecular weight excluding hydrogens is 388 g/mol. The van der Waals surface area contributed by atoms with Gasteiger partial charge in [-0.15, -0.1) is 11.3 Å². The SMILES string of the molecule is O=C(COc1ccc(Cl)cc1)OCc1nc2sc3c(c2c(=O)[nH]1)CCCC3. The fourth-order valence-corrected chi connectivity index (χ4v) is 4.55. The summed E-state index contributed by atoms with van der Waals surface area (Å²) in [4.78, 5) is 33.5. The van der Waals surface area contributed by atoms with Gasteiger partial charge in [-0.25, -0.2) is 9.78 Å². The molecule has 3 aromatic rings. The minimum Gasteiger partial charge on any atom is -0.482 e. The average molecular weight is 405 g/mol. The summed E-state index contributed by atoms with van der Waals surface area (Å²) in [5, 5.41) is 1.28. The molecule has 1 aromatic carbocycles. The third-order valence-electron chi connectivity index (χ3n) is 4.41. The van der Waals surface area contributed by atoms with Crippen molar-refractivity contribution in [2.75, 3.05) is 6.61 Å². The zero-order valence-corrected chi connectivity index (χ0v) is 16.0. The number of rotatable bonds is 5. The van der Waals surface area contributed by atoms with Crippen molar-refractivity contribution in [2.45, 2.75) is 32.3 Å². The van der Waals surface area contributed by atoms with Crippen LogP contribution in [-0.2, 0) is 29.0 Å². The molecule has 0 unspecified atom stereocenters. The first-order valence-corrected chi connectivity index (χ1v) is 9.87. The number of fused-ring (bicyclic) bond motifs is 3.